The molecule has 54 heavy (non-hydrogen) atoms. The Balaban J connectivity index is 1.01. The van der Waals surface area contributed by atoms with E-state index in [2.05, 4.69) is 167 Å². The van der Waals surface area contributed by atoms with Gasteiger partial charge in [0.15, 0.2) is 0 Å². The maximum absolute atomic E-state index is 9.63. The molecule has 0 N–H and O–H groups in total. The molecular formula is C49H27N3S2. The Labute approximate surface area is 317 Å². The first-order valence-corrected chi connectivity index (χ1v) is 19.7. The molecule has 4 aromatic heterocycles. The summed E-state index contributed by atoms with van der Waals surface area (Å²) in [6.45, 7) is 0. The van der Waals surface area contributed by atoms with Crippen LogP contribution in [0.3, 0.4) is 0 Å². The summed E-state index contributed by atoms with van der Waals surface area (Å²) in [6.07, 6.45) is 0. The van der Waals surface area contributed by atoms with Crippen LogP contribution in [0.15, 0.2) is 164 Å². The first-order valence-electron chi connectivity index (χ1n) is 18.1. The lowest BCUT2D eigenvalue weighted by Crippen LogP contribution is -1.93. The van der Waals surface area contributed by atoms with Crippen molar-refractivity contribution in [3.63, 3.8) is 0 Å². The molecule has 0 radical (unpaired) electrons. The fraction of sp³-hybridized carbons (Fsp3) is 0. The van der Waals surface area contributed by atoms with Crippen LogP contribution in [0.2, 0.25) is 0 Å². The number of aromatic nitrogens is 2. The Morgan fingerprint density at radius 2 is 0.759 bits per heavy atom. The summed E-state index contributed by atoms with van der Waals surface area (Å²) >= 11 is 3.71. The molecule has 0 unspecified atom stereocenters. The molecule has 3 nitrogen and oxygen atoms in total. The van der Waals surface area contributed by atoms with Crippen LogP contribution in [0.5, 0.6) is 0 Å². The molecule has 4 heterocycles. The van der Waals surface area contributed by atoms with E-state index in [0.717, 1.165) is 27.5 Å². The normalized spacial score (nSPS) is 12.1. The van der Waals surface area contributed by atoms with Crippen molar-refractivity contribution in [2.75, 3.05) is 0 Å². The van der Waals surface area contributed by atoms with E-state index in [0.29, 0.717) is 5.56 Å². The van der Waals surface area contributed by atoms with Gasteiger partial charge in [-0.15, -0.1) is 22.7 Å². The Kier molecular flexibility index (Phi) is 6.16. The number of fused-ring (bicyclic) bond motifs is 12. The van der Waals surface area contributed by atoms with Gasteiger partial charge in [0.2, 0.25) is 0 Å². The highest BCUT2D eigenvalue weighted by Crippen LogP contribution is 2.42. The summed E-state index contributed by atoms with van der Waals surface area (Å²) in [5, 5.41) is 19.5. The first-order chi connectivity index (χ1) is 26.7. The van der Waals surface area contributed by atoms with E-state index in [1.807, 2.05) is 34.8 Å². The molecule has 5 heteroatoms. The average molecular weight is 722 g/mol. The molecule has 0 amide bonds. The lowest BCUT2D eigenvalue weighted by Gasteiger charge is -2.09. The van der Waals surface area contributed by atoms with E-state index < -0.39 is 0 Å². The highest BCUT2D eigenvalue weighted by Gasteiger charge is 2.17. The molecule has 0 fully saturated rings. The average Bonchev–Trinajstić information content (AvgIpc) is 3.97. The van der Waals surface area contributed by atoms with Gasteiger partial charge in [-0.25, -0.2) is 0 Å². The van der Waals surface area contributed by atoms with Gasteiger partial charge in [-0.2, -0.15) is 5.26 Å². The van der Waals surface area contributed by atoms with Crippen LogP contribution >= 0.6 is 22.7 Å². The molecule has 0 saturated heterocycles. The van der Waals surface area contributed by atoms with Crippen molar-refractivity contribution in [1.29, 1.82) is 5.26 Å². The standard InChI is InChI=1S/C49H27N3S2/c50-28-29-13-18-45-37(23-29)36-9-3-6-12-44(36)52(45)33-17-22-49-41(27-33)39-25-31(15-20-47(39)54-49)30-14-19-46-38(24-30)40-26-32(16-21-48(40)53-46)51-42-10-4-1-7-34(42)35-8-2-5-11-43(35)51/h1-27H. The van der Waals surface area contributed by atoms with Crippen LogP contribution in [0.4, 0.5) is 0 Å². The monoisotopic (exact) mass is 721 g/mol. The van der Waals surface area contributed by atoms with Crippen molar-refractivity contribution in [3.05, 3.63) is 169 Å². The summed E-state index contributed by atoms with van der Waals surface area (Å²) in [6, 6.07) is 61.9. The van der Waals surface area contributed by atoms with Crippen molar-refractivity contribution in [2.24, 2.45) is 0 Å². The van der Waals surface area contributed by atoms with Crippen LogP contribution in [0.1, 0.15) is 5.56 Å². The largest absolute Gasteiger partial charge is 0.309 e. The van der Waals surface area contributed by atoms with E-state index in [4.69, 9.17) is 0 Å². The minimum Gasteiger partial charge on any atom is -0.309 e. The first kappa shape index (κ1) is 29.8. The maximum Gasteiger partial charge on any atom is 0.0991 e. The van der Waals surface area contributed by atoms with Crippen molar-refractivity contribution in [1.82, 2.24) is 9.13 Å². The summed E-state index contributed by atoms with van der Waals surface area (Å²) in [5.41, 5.74) is 10.1. The summed E-state index contributed by atoms with van der Waals surface area (Å²) in [4.78, 5) is 0. The minimum atomic E-state index is 0.675. The van der Waals surface area contributed by atoms with Gasteiger partial charge in [0.25, 0.3) is 0 Å². The van der Waals surface area contributed by atoms with Gasteiger partial charge >= 0.3 is 0 Å². The van der Waals surface area contributed by atoms with Crippen LogP contribution in [-0.4, -0.2) is 9.13 Å². The third-order valence-corrected chi connectivity index (χ3v) is 13.4. The Bertz CT molecular complexity index is 3530. The van der Waals surface area contributed by atoms with Gasteiger partial charge < -0.3 is 9.13 Å². The zero-order chi connectivity index (χ0) is 35.5. The third kappa shape index (κ3) is 4.21. The number of hydrogen-bond acceptors (Lipinski definition) is 3. The number of hydrogen-bond donors (Lipinski definition) is 0. The zero-order valence-electron chi connectivity index (χ0n) is 28.7. The topological polar surface area (TPSA) is 33.6 Å². The molecule has 12 aromatic rings. The van der Waals surface area contributed by atoms with Crippen molar-refractivity contribution < 1.29 is 0 Å². The molecule has 0 atom stereocenters. The Morgan fingerprint density at radius 3 is 1.24 bits per heavy atom. The van der Waals surface area contributed by atoms with Crippen molar-refractivity contribution >= 4 is 107 Å². The van der Waals surface area contributed by atoms with Crippen LogP contribution in [-0.2, 0) is 0 Å². The lowest BCUT2D eigenvalue weighted by molar-refractivity contribution is 1.19. The SMILES string of the molecule is N#Cc1ccc2c(c1)c1ccccc1n2-c1ccc2sc3ccc(-c4ccc5sc6ccc(-n7c8ccccc8c8ccccc87)cc6c5c4)cc3c2c1. The fourth-order valence-corrected chi connectivity index (χ4v) is 10.8. The number of nitrogens with zero attached hydrogens (tertiary/aromatic N) is 3. The zero-order valence-corrected chi connectivity index (χ0v) is 30.4. The minimum absolute atomic E-state index is 0.675. The lowest BCUT2D eigenvalue weighted by atomic mass is 10.0. The quantitative estimate of drug-likeness (QED) is 0.179. The molecular weight excluding hydrogens is 695 g/mol. The van der Waals surface area contributed by atoms with E-state index in [1.54, 1.807) is 0 Å². The number of rotatable bonds is 3. The molecule has 0 aliphatic rings. The van der Waals surface area contributed by atoms with Gasteiger partial charge in [-0.1, -0.05) is 66.7 Å². The maximum atomic E-state index is 9.63. The van der Waals surface area contributed by atoms with Crippen LogP contribution < -0.4 is 0 Å². The molecule has 12 rings (SSSR count). The van der Waals surface area contributed by atoms with Crippen LogP contribution in [0.25, 0.3) is 106 Å². The van der Waals surface area contributed by atoms with Gasteiger partial charge in [-0.05, 0) is 108 Å². The summed E-state index contributed by atoms with van der Waals surface area (Å²) in [5.74, 6) is 0. The number of benzene rings is 8. The van der Waals surface area contributed by atoms with Gasteiger partial charge in [0.05, 0.1) is 33.7 Å². The van der Waals surface area contributed by atoms with E-state index in [-0.39, 0.29) is 0 Å². The number of thiophene rings is 2. The molecule has 0 bridgehead atoms. The molecule has 0 saturated carbocycles. The molecule has 8 aromatic carbocycles. The van der Waals surface area contributed by atoms with Crippen molar-refractivity contribution in [3.8, 4) is 28.6 Å². The third-order valence-electron chi connectivity index (χ3n) is 11.1. The van der Waals surface area contributed by atoms with E-state index >= 15 is 0 Å². The highest BCUT2D eigenvalue weighted by molar-refractivity contribution is 7.26. The second-order valence-electron chi connectivity index (χ2n) is 14.1. The van der Waals surface area contributed by atoms with Gasteiger partial charge in [0.1, 0.15) is 0 Å². The number of nitriles is 1. The van der Waals surface area contributed by atoms with Crippen molar-refractivity contribution in [2.45, 2.75) is 0 Å². The predicted molar refractivity (Wildman–Crippen MR) is 231 cm³/mol. The Hall–Kier alpha value is -6.71. The van der Waals surface area contributed by atoms with E-state index in [9.17, 15) is 5.26 Å². The van der Waals surface area contributed by atoms with E-state index in [1.165, 1.54) is 79.0 Å². The smallest absolute Gasteiger partial charge is 0.0991 e. The predicted octanol–water partition coefficient (Wildman–Crippen LogP) is 14.2. The second-order valence-corrected chi connectivity index (χ2v) is 16.2. The van der Waals surface area contributed by atoms with Gasteiger partial charge in [-0.3, -0.25) is 0 Å². The molecule has 250 valence electrons. The summed E-state index contributed by atoms with van der Waals surface area (Å²) in [7, 11) is 0. The van der Waals surface area contributed by atoms with Gasteiger partial charge in [0, 0.05) is 73.3 Å². The molecule has 0 aliphatic heterocycles. The number of para-hydroxylation sites is 3. The summed E-state index contributed by atoms with van der Waals surface area (Å²) < 4.78 is 9.90. The second kappa shape index (κ2) is 11.1. The Morgan fingerprint density at radius 1 is 0.352 bits per heavy atom. The molecule has 0 spiro atoms. The molecule has 0 aliphatic carbocycles. The van der Waals surface area contributed by atoms with Crippen LogP contribution in [0, 0.1) is 11.3 Å². The fourth-order valence-electron chi connectivity index (χ4n) is 8.69. The highest BCUT2D eigenvalue weighted by atomic mass is 32.1.